The molecule has 0 bridgehead atoms. The van der Waals surface area contributed by atoms with Crippen LogP contribution in [-0.4, -0.2) is 14.9 Å². The molecule has 0 amide bonds. The third kappa shape index (κ3) is 6.01. The van der Waals surface area contributed by atoms with Gasteiger partial charge < -0.3 is 14.0 Å². The van der Waals surface area contributed by atoms with Gasteiger partial charge in [-0.15, -0.1) is 0 Å². The Labute approximate surface area is 367 Å². The number of anilines is 2. The van der Waals surface area contributed by atoms with Crippen LogP contribution in [0.3, 0.4) is 0 Å². The zero-order chi connectivity index (χ0) is 42.8. The Hall–Kier alpha value is -7.95. The van der Waals surface area contributed by atoms with Crippen molar-refractivity contribution < 1.29 is 4.79 Å². The van der Waals surface area contributed by atoms with E-state index in [9.17, 15) is 4.79 Å². The molecule has 0 saturated carbocycles. The van der Waals surface area contributed by atoms with Crippen LogP contribution in [0.5, 0.6) is 0 Å². The lowest BCUT2D eigenvalue weighted by Crippen LogP contribution is -2.30. The quantitative estimate of drug-likeness (QED) is 0.143. The molecule has 0 saturated heterocycles. The van der Waals surface area contributed by atoms with Gasteiger partial charge >= 0.3 is 0 Å². The van der Waals surface area contributed by atoms with Gasteiger partial charge in [-0.05, 0) is 132 Å². The Kier molecular flexibility index (Phi) is 8.99. The van der Waals surface area contributed by atoms with Crippen LogP contribution in [0.15, 0.2) is 219 Å². The fraction of sp³-hybridized carbons (Fsp3) is 0.0678. The van der Waals surface area contributed by atoms with Crippen molar-refractivity contribution in [2.45, 2.75) is 26.2 Å². The molecule has 0 radical (unpaired) electrons. The minimum absolute atomic E-state index is 0.0809. The minimum atomic E-state index is -0.367. The number of para-hydroxylation sites is 3. The van der Waals surface area contributed by atoms with E-state index in [4.69, 9.17) is 0 Å². The van der Waals surface area contributed by atoms with E-state index in [1.807, 2.05) is 37.3 Å². The third-order valence-electron chi connectivity index (χ3n) is 13.0. The predicted octanol–water partition coefficient (Wildman–Crippen LogP) is 15.2. The van der Waals surface area contributed by atoms with E-state index < -0.39 is 0 Å². The second-order valence-electron chi connectivity index (χ2n) is 16.9. The van der Waals surface area contributed by atoms with Crippen LogP contribution >= 0.6 is 0 Å². The maximum Gasteiger partial charge on any atom is 0.193 e. The highest BCUT2D eigenvalue weighted by Crippen LogP contribution is 2.45. The second kappa shape index (κ2) is 14.9. The SMILES string of the molecule is C=C/C=C(\C=C/C)N(c1ccccc1)c1ccc2c(c1)c1cc(-c3ccc4c(c3)c3ccccc3n4-c3ccccc3)ccc1n2-c1ccc2c(c1)C(C)(C)c1ccccc1C2=O. The summed E-state index contributed by atoms with van der Waals surface area (Å²) in [6.07, 6.45) is 8.09. The molecule has 0 atom stereocenters. The molecule has 4 heteroatoms. The molecule has 10 aromatic rings. The van der Waals surface area contributed by atoms with Crippen LogP contribution in [0.1, 0.15) is 47.8 Å². The van der Waals surface area contributed by atoms with Crippen LogP contribution in [-0.2, 0) is 5.41 Å². The molecule has 0 unspecified atom stereocenters. The summed E-state index contributed by atoms with van der Waals surface area (Å²) in [4.78, 5) is 16.2. The summed E-state index contributed by atoms with van der Waals surface area (Å²) < 4.78 is 4.73. The molecule has 4 nitrogen and oxygen atoms in total. The largest absolute Gasteiger partial charge is 0.310 e. The van der Waals surface area contributed by atoms with Crippen molar-refractivity contribution in [1.82, 2.24) is 9.13 Å². The lowest BCUT2D eigenvalue weighted by molar-refractivity contribution is 0.103. The van der Waals surface area contributed by atoms with E-state index in [0.717, 1.165) is 83.6 Å². The van der Waals surface area contributed by atoms with Crippen molar-refractivity contribution in [2.24, 2.45) is 0 Å². The molecule has 8 aromatic carbocycles. The molecular weight excluding hydrogens is 767 g/mol. The topological polar surface area (TPSA) is 30.2 Å². The van der Waals surface area contributed by atoms with Crippen LogP contribution in [0, 0.1) is 0 Å². The number of nitrogens with zero attached hydrogens (tertiary/aromatic N) is 3. The smallest absolute Gasteiger partial charge is 0.193 e. The summed E-state index contributed by atoms with van der Waals surface area (Å²) in [7, 11) is 0. The standard InChI is InChI=1S/C59H45N3O/c1-5-17-41(18-6-2)60(42-19-9-7-10-20-42)44-30-34-57-51(37-44)50-36-40(39-27-32-55-49(35-39)46-23-14-16-26-54(46)61(55)43-21-11-8-12-22-43)28-33-56(50)62(57)45-29-31-48-53(38-45)59(3,4)52-25-15-13-24-47(52)58(48)63/h5-38H,1H2,2-4H3/b18-6-,41-17+. The summed E-state index contributed by atoms with van der Waals surface area (Å²) in [5.74, 6) is 0.0809. The molecule has 0 aliphatic heterocycles. The molecular formula is C59H45N3O. The fourth-order valence-electron chi connectivity index (χ4n) is 10.0. The third-order valence-corrected chi connectivity index (χ3v) is 13.0. The van der Waals surface area contributed by atoms with Crippen molar-refractivity contribution in [1.29, 1.82) is 0 Å². The van der Waals surface area contributed by atoms with E-state index in [2.05, 4.69) is 210 Å². The zero-order valence-electron chi connectivity index (χ0n) is 35.6. The average molecular weight is 812 g/mol. The van der Waals surface area contributed by atoms with Crippen molar-refractivity contribution in [3.8, 4) is 22.5 Å². The first-order valence-corrected chi connectivity index (χ1v) is 21.6. The summed E-state index contributed by atoms with van der Waals surface area (Å²) in [5.41, 5.74) is 15.4. The van der Waals surface area contributed by atoms with Gasteiger partial charge in [0.25, 0.3) is 0 Å². The van der Waals surface area contributed by atoms with E-state index in [1.165, 1.54) is 21.8 Å². The Balaban J connectivity index is 1.15. The molecule has 1 aliphatic carbocycles. The van der Waals surface area contributed by atoms with Gasteiger partial charge in [-0.25, -0.2) is 0 Å². The van der Waals surface area contributed by atoms with E-state index in [-0.39, 0.29) is 11.2 Å². The number of ketones is 1. The molecule has 1 aliphatic rings. The van der Waals surface area contributed by atoms with Crippen molar-refractivity contribution in [2.75, 3.05) is 4.90 Å². The summed E-state index contributed by atoms with van der Waals surface area (Å²) in [6, 6.07) is 64.8. The monoisotopic (exact) mass is 811 g/mol. The number of hydrogen-bond acceptors (Lipinski definition) is 2. The summed E-state index contributed by atoms with van der Waals surface area (Å²) >= 11 is 0. The van der Waals surface area contributed by atoms with E-state index in [1.54, 1.807) is 0 Å². The Bertz CT molecular complexity index is 3530. The number of benzene rings is 8. The Morgan fingerprint density at radius 1 is 0.524 bits per heavy atom. The van der Waals surface area contributed by atoms with Gasteiger partial charge in [-0.1, -0.05) is 124 Å². The highest BCUT2D eigenvalue weighted by Gasteiger charge is 2.37. The minimum Gasteiger partial charge on any atom is -0.310 e. The van der Waals surface area contributed by atoms with Gasteiger partial charge in [0.15, 0.2) is 5.78 Å². The van der Waals surface area contributed by atoms with Crippen LogP contribution in [0.2, 0.25) is 0 Å². The van der Waals surface area contributed by atoms with Crippen LogP contribution in [0.25, 0.3) is 66.1 Å². The number of aromatic nitrogens is 2. The molecule has 0 spiro atoms. The first-order valence-electron chi connectivity index (χ1n) is 21.6. The number of fused-ring (bicyclic) bond motifs is 8. The Morgan fingerprint density at radius 2 is 1.10 bits per heavy atom. The average Bonchev–Trinajstić information content (AvgIpc) is 3.83. The van der Waals surface area contributed by atoms with Gasteiger partial charge in [-0.2, -0.15) is 0 Å². The first kappa shape index (κ1) is 38.0. The van der Waals surface area contributed by atoms with Crippen molar-refractivity contribution in [3.05, 3.63) is 241 Å². The molecule has 11 rings (SSSR count). The fourth-order valence-corrected chi connectivity index (χ4v) is 10.0. The lowest BCUT2D eigenvalue weighted by Gasteiger charge is -2.34. The molecule has 0 N–H and O–H groups in total. The molecule has 2 heterocycles. The molecule has 0 fully saturated rings. The zero-order valence-corrected chi connectivity index (χ0v) is 35.6. The highest BCUT2D eigenvalue weighted by atomic mass is 16.1. The van der Waals surface area contributed by atoms with Gasteiger partial charge in [0, 0.05) is 66.5 Å². The van der Waals surface area contributed by atoms with Gasteiger partial charge in [0.1, 0.15) is 0 Å². The maximum absolute atomic E-state index is 14.0. The summed E-state index contributed by atoms with van der Waals surface area (Å²) in [6.45, 7) is 10.6. The molecule has 302 valence electrons. The van der Waals surface area contributed by atoms with Crippen LogP contribution in [0.4, 0.5) is 11.4 Å². The van der Waals surface area contributed by atoms with Gasteiger partial charge in [0.2, 0.25) is 0 Å². The van der Waals surface area contributed by atoms with Crippen molar-refractivity contribution in [3.63, 3.8) is 0 Å². The first-order chi connectivity index (χ1) is 30.9. The van der Waals surface area contributed by atoms with E-state index in [0.29, 0.717) is 0 Å². The molecule has 2 aromatic heterocycles. The molecule has 63 heavy (non-hydrogen) atoms. The van der Waals surface area contributed by atoms with E-state index >= 15 is 0 Å². The Morgan fingerprint density at radius 3 is 1.81 bits per heavy atom. The number of allylic oxidation sites excluding steroid dienone is 4. The van der Waals surface area contributed by atoms with Gasteiger partial charge in [-0.3, -0.25) is 4.79 Å². The second-order valence-corrected chi connectivity index (χ2v) is 16.9. The van der Waals surface area contributed by atoms with Gasteiger partial charge in [0.05, 0.1) is 22.1 Å². The number of hydrogen-bond donors (Lipinski definition) is 0. The highest BCUT2D eigenvalue weighted by molar-refractivity contribution is 6.15. The van der Waals surface area contributed by atoms with Crippen LogP contribution < -0.4 is 4.90 Å². The lowest BCUT2D eigenvalue weighted by atomic mass is 9.68. The van der Waals surface area contributed by atoms with Crippen molar-refractivity contribution >= 4 is 60.8 Å². The number of rotatable bonds is 8. The predicted molar refractivity (Wildman–Crippen MR) is 264 cm³/mol. The number of carbonyl (C=O) groups is 1. The maximum atomic E-state index is 14.0. The normalized spacial score (nSPS) is 13.6. The number of carbonyl (C=O) groups excluding carboxylic acids is 1. The summed E-state index contributed by atoms with van der Waals surface area (Å²) in [5, 5.41) is 4.71.